The second kappa shape index (κ2) is 19.0. The highest BCUT2D eigenvalue weighted by atomic mass is 16.6. The van der Waals surface area contributed by atoms with Gasteiger partial charge in [0.15, 0.2) is 0 Å². The Kier molecular flexibility index (Phi) is 17.7. The second-order valence-corrected chi connectivity index (χ2v) is 10.5. The van der Waals surface area contributed by atoms with Gasteiger partial charge in [-0.05, 0) is 43.1 Å². The van der Waals surface area contributed by atoms with Crippen LogP contribution in [0.4, 0.5) is 0 Å². The molecule has 2 aliphatic heterocycles. The maximum absolute atomic E-state index is 11.3. The zero-order chi connectivity index (χ0) is 26.8. The van der Waals surface area contributed by atoms with Crippen LogP contribution in [0.2, 0.25) is 0 Å². The Morgan fingerprint density at radius 3 is 1.43 bits per heavy atom. The normalized spacial score (nSPS) is 16.3. The lowest BCUT2D eigenvalue weighted by Gasteiger charge is -2.17. The molecule has 2 aliphatic rings. The van der Waals surface area contributed by atoms with E-state index >= 15 is 0 Å². The smallest absolute Gasteiger partial charge is 0.338 e. The van der Waals surface area contributed by atoms with Gasteiger partial charge in [0.2, 0.25) is 0 Å². The van der Waals surface area contributed by atoms with Crippen molar-refractivity contribution in [2.75, 3.05) is 13.1 Å². The summed E-state index contributed by atoms with van der Waals surface area (Å²) in [5.74, 6) is 1.55. The Morgan fingerprint density at radius 1 is 0.657 bits per heavy atom. The fraction of sp³-hybridized carbons (Fsp3) is 0.714. The third kappa shape index (κ3) is 17.8. The standard InChI is InChI=1S/C14H23NO2.C10H23N.C4H2O3/c1-11(2)5-4-6-12(3)9-10-15-13(16)7-8-14(15)17;1-9(2)5-4-6-10(3)7-8-11;5-3-1-2-4(6)7-3/h7-8,11-12H,4-6,9-10H2,1-3H3;9-10H,4-8,11H2,1-3H3;1-2H. The fourth-order valence-electron chi connectivity index (χ4n) is 3.63. The van der Waals surface area contributed by atoms with Crippen LogP contribution < -0.4 is 5.73 Å². The van der Waals surface area contributed by atoms with E-state index in [1.165, 1.54) is 62.0 Å². The van der Waals surface area contributed by atoms with E-state index in [0.717, 1.165) is 42.9 Å². The monoisotopic (exact) mass is 492 g/mol. The zero-order valence-corrected chi connectivity index (χ0v) is 22.8. The van der Waals surface area contributed by atoms with Gasteiger partial charge >= 0.3 is 11.9 Å². The van der Waals surface area contributed by atoms with Crippen molar-refractivity contribution in [3.05, 3.63) is 24.3 Å². The molecule has 0 saturated heterocycles. The minimum atomic E-state index is -0.579. The SMILES string of the molecule is CC(C)CCCC(C)CCN.CC(C)CCCC(C)CCN1C(=O)C=CC1=O.O=C1C=CC(=O)O1. The molecule has 0 bridgehead atoms. The summed E-state index contributed by atoms with van der Waals surface area (Å²) in [4.78, 5) is 43.8. The predicted molar refractivity (Wildman–Crippen MR) is 140 cm³/mol. The average molecular weight is 493 g/mol. The molecule has 7 heteroatoms. The summed E-state index contributed by atoms with van der Waals surface area (Å²) in [5, 5.41) is 0. The Labute approximate surface area is 212 Å². The molecule has 0 aliphatic carbocycles. The third-order valence-electron chi connectivity index (χ3n) is 5.92. The molecule has 2 heterocycles. The first-order valence-corrected chi connectivity index (χ1v) is 13.1. The van der Waals surface area contributed by atoms with Crippen LogP contribution in [0.25, 0.3) is 0 Å². The topological polar surface area (TPSA) is 107 Å². The van der Waals surface area contributed by atoms with E-state index in [2.05, 4.69) is 46.3 Å². The van der Waals surface area contributed by atoms with Crippen molar-refractivity contribution in [2.24, 2.45) is 29.4 Å². The third-order valence-corrected chi connectivity index (χ3v) is 5.92. The molecule has 2 atom stereocenters. The highest BCUT2D eigenvalue weighted by Gasteiger charge is 2.23. The van der Waals surface area contributed by atoms with Crippen molar-refractivity contribution in [2.45, 2.75) is 92.9 Å². The van der Waals surface area contributed by atoms with Crippen LogP contribution in [-0.4, -0.2) is 41.7 Å². The van der Waals surface area contributed by atoms with Gasteiger partial charge in [-0.3, -0.25) is 14.5 Å². The van der Waals surface area contributed by atoms with Gasteiger partial charge in [-0.15, -0.1) is 0 Å². The van der Waals surface area contributed by atoms with E-state index in [0.29, 0.717) is 12.5 Å². The van der Waals surface area contributed by atoms with Crippen LogP contribution in [0.5, 0.6) is 0 Å². The first kappa shape index (κ1) is 32.7. The van der Waals surface area contributed by atoms with Crippen molar-refractivity contribution >= 4 is 23.8 Å². The van der Waals surface area contributed by atoms with Gasteiger partial charge < -0.3 is 10.5 Å². The molecule has 35 heavy (non-hydrogen) atoms. The van der Waals surface area contributed by atoms with Gasteiger partial charge in [-0.1, -0.05) is 80.1 Å². The van der Waals surface area contributed by atoms with E-state index in [-0.39, 0.29) is 11.8 Å². The van der Waals surface area contributed by atoms with Gasteiger partial charge in [0.05, 0.1) is 0 Å². The van der Waals surface area contributed by atoms with Crippen molar-refractivity contribution in [1.29, 1.82) is 0 Å². The number of carbonyl (C=O) groups is 4. The van der Waals surface area contributed by atoms with Gasteiger partial charge in [-0.25, -0.2) is 9.59 Å². The lowest BCUT2D eigenvalue weighted by molar-refractivity contribution is -0.150. The molecule has 2 rings (SSSR count). The molecule has 2 unspecified atom stereocenters. The van der Waals surface area contributed by atoms with E-state index in [1.807, 2.05) is 0 Å². The number of hydrogen-bond acceptors (Lipinski definition) is 6. The van der Waals surface area contributed by atoms with Crippen LogP contribution in [0, 0.1) is 23.7 Å². The Bertz CT molecular complexity index is 678. The van der Waals surface area contributed by atoms with Crippen LogP contribution in [0.15, 0.2) is 24.3 Å². The first-order chi connectivity index (χ1) is 16.5. The van der Waals surface area contributed by atoms with Crippen molar-refractivity contribution in [1.82, 2.24) is 4.90 Å². The maximum atomic E-state index is 11.3. The summed E-state index contributed by atoms with van der Waals surface area (Å²) in [7, 11) is 0. The number of nitrogens with two attached hydrogens (primary N) is 1. The maximum Gasteiger partial charge on any atom is 0.338 e. The summed E-state index contributed by atoms with van der Waals surface area (Å²) in [6, 6.07) is 0. The Hall–Kier alpha value is -2.28. The first-order valence-electron chi connectivity index (χ1n) is 13.1. The van der Waals surface area contributed by atoms with Crippen LogP contribution in [-0.2, 0) is 23.9 Å². The summed E-state index contributed by atoms with van der Waals surface area (Å²) < 4.78 is 3.97. The Morgan fingerprint density at radius 2 is 1.09 bits per heavy atom. The van der Waals surface area contributed by atoms with Gasteiger partial charge in [0.25, 0.3) is 11.8 Å². The van der Waals surface area contributed by atoms with Crippen LogP contribution in [0.1, 0.15) is 92.9 Å². The number of hydrogen-bond donors (Lipinski definition) is 1. The molecule has 0 fully saturated rings. The minimum Gasteiger partial charge on any atom is -0.387 e. The van der Waals surface area contributed by atoms with E-state index in [4.69, 9.17) is 5.73 Å². The molecule has 7 nitrogen and oxygen atoms in total. The summed E-state index contributed by atoms with van der Waals surface area (Å²) >= 11 is 0. The molecule has 0 aromatic rings. The van der Waals surface area contributed by atoms with Gasteiger partial charge in [-0.2, -0.15) is 0 Å². The number of ether oxygens (including phenoxy) is 1. The van der Waals surface area contributed by atoms with E-state index in [1.54, 1.807) is 0 Å². The summed E-state index contributed by atoms with van der Waals surface area (Å²) in [5.41, 5.74) is 5.46. The number of amides is 2. The highest BCUT2D eigenvalue weighted by molar-refractivity contribution is 6.12. The summed E-state index contributed by atoms with van der Waals surface area (Å²) in [6.07, 6.45) is 14.8. The molecule has 0 spiro atoms. The van der Waals surface area contributed by atoms with E-state index in [9.17, 15) is 19.2 Å². The van der Waals surface area contributed by atoms with E-state index < -0.39 is 11.9 Å². The number of esters is 2. The van der Waals surface area contributed by atoms with Gasteiger partial charge in [0, 0.05) is 30.8 Å². The molecule has 200 valence electrons. The van der Waals surface area contributed by atoms with Gasteiger partial charge in [0.1, 0.15) is 0 Å². The predicted octanol–water partition coefficient (Wildman–Crippen LogP) is 5.19. The highest BCUT2D eigenvalue weighted by Crippen LogP contribution is 2.17. The molecule has 0 radical (unpaired) electrons. The van der Waals surface area contributed by atoms with Crippen LogP contribution >= 0.6 is 0 Å². The molecular weight excluding hydrogens is 444 g/mol. The van der Waals surface area contributed by atoms with Crippen molar-refractivity contribution in [3.8, 4) is 0 Å². The van der Waals surface area contributed by atoms with Crippen LogP contribution in [0.3, 0.4) is 0 Å². The number of rotatable bonds is 13. The number of cyclic esters (lactones) is 2. The molecule has 0 saturated carbocycles. The lowest BCUT2D eigenvalue weighted by atomic mass is 9.97. The number of carbonyl (C=O) groups excluding carboxylic acids is 4. The second-order valence-electron chi connectivity index (χ2n) is 10.5. The fourth-order valence-corrected chi connectivity index (χ4v) is 3.63. The molecule has 2 N–H and O–H groups in total. The van der Waals surface area contributed by atoms with Crippen molar-refractivity contribution < 1.29 is 23.9 Å². The largest absolute Gasteiger partial charge is 0.387 e. The number of imide groups is 1. The average Bonchev–Trinajstić information content (AvgIpc) is 3.30. The molecular formula is C28H48N2O5. The Balaban J connectivity index is 0.000000548. The molecule has 0 aromatic carbocycles. The molecule has 2 amide bonds. The minimum absolute atomic E-state index is 0.163. The summed E-state index contributed by atoms with van der Waals surface area (Å²) in [6.45, 7) is 14.9. The quantitative estimate of drug-likeness (QED) is 0.215. The number of nitrogens with zero attached hydrogens (tertiary/aromatic N) is 1. The van der Waals surface area contributed by atoms with Crippen molar-refractivity contribution in [3.63, 3.8) is 0 Å². The lowest BCUT2D eigenvalue weighted by Crippen LogP contribution is -2.31. The molecule has 0 aromatic heterocycles. The zero-order valence-electron chi connectivity index (χ0n) is 22.8.